The third-order valence-electron chi connectivity index (χ3n) is 5.33. The van der Waals surface area contributed by atoms with Gasteiger partial charge >= 0.3 is 6.03 Å². The first kappa shape index (κ1) is 19.3. The van der Waals surface area contributed by atoms with E-state index in [2.05, 4.69) is 21.2 Å². The van der Waals surface area contributed by atoms with Crippen LogP contribution in [0, 0.1) is 0 Å². The number of fused-ring (bicyclic) bond motifs is 1. The van der Waals surface area contributed by atoms with Crippen LogP contribution in [-0.4, -0.2) is 46.6 Å². The van der Waals surface area contributed by atoms with E-state index < -0.39 is 11.6 Å². The molecule has 5 amide bonds. The summed E-state index contributed by atoms with van der Waals surface area (Å²) in [4.78, 5) is 52.6. The lowest BCUT2D eigenvalue weighted by molar-refractivity contribution is -0.131. The number of imide groups is 2. The van der Waals surface area contributed by atoms with Gasteiger partial charge in [-0.3, -0.25) is 24.2 Å². The average Bonchev–Trinajstić information content (AvgIpc) is 3.08. The molecule has 0 radical (unpaired) electrons. The molecule has 1 atom stereocenters. The van der Waals surface area contributed by atoms with Crippen LogP contribution < -0.4 is 5.32 Å². The summed E-state index contributed by atoms with van der Waals surface area (Å²) in [6.45, 7) is 1.91. The van der Waals surface area contributed by atoms with E-state index >= 15 is 0 Å². The van der Waals surface area contributed by atoms with Gasteiger partial charge in [-0.15, -0.1) is 0 Å². The molecule has 0 aromatic heterocycles. The molecule has 0 saturated carbocycles. The topological polar surface area (TPSA) is 86.8 Å². The van der Waals surface area contributed by atoms with Gasteiger partial charge in [-0.05, 0) is 31.5 Å². The van der Waals surface area contributed by atoms with Gasteiger partial charge in [0.2, 0.25) is 0 Å². The minimum Gasteiger partial charge on any atom is -0.319 e. The van der Waals surface area contributed by atoms with Gasteiger partial charge in [0.05, 0.1) is 11.1 Å². The number of hydrogen-bond donors (Lipinski definition) is 1. The highest BCUT2D eigenvalue weighted by molar-refractivity contribution is 9.10. The van der Waals surface area contributed by atoms with Gasteiger partial charge in [-0.1, -0.05) is 46.3 Å². The summed E-state index contributed by atoms with van der Waals surface area (Å²) in [5.41, 5.74) is 0.261. The van der Waals surface area contributed by atoms with Crippen LogP contribution in [0.5, 0.6) is 0 Å². The molecule has 0 spiro atoms. The van der Waals surface area contributed by atoms with Gasteiger partial charge in [0, 0.05) is 23.1 Å². The summed E-state index contributed by atoms with van der Waals surface area (Å²) in [6, 6.07) is 13.4. The standard InChI is InChI=1S/C21H18BrN3O4/c1-21(15-9-4-5-10-16(15)22)19(28)25(20(29)23-21)12-6-11-24-17(26)13-7-2-3-8-14(13)18(24)27/h2-5,7-10H,6,11-12H2,1H3,(H,23,29). The first-order chi connectivity index (χ1) is 13.8. The van der Waals surface area contributed by atoms with Crippen LogP contribution in [0.2, 0.25) is 0 Å². The predicted molar refractivity (Wildman–Crippen MR) is 108 cm³/mol. The number of carbonyl (C=O) groups excluding carboxylic acids is 4. The van der Waals surface area contributed by atoms with Crippen molar-refractivity contribution in [3.63, 3.8) is 0 Å². The van der Waals surface area contributed by atoms with Gasteiger partial charge in [-0.2, -0.15) is 0 Å². The van der Waals surface area contributed by atoms with Gasteiger partial charge in [0.1, 0.15) is 5.54 Å². The fourth-order valence-corrected chi connectivity index (χ4v) is 4.46. The summed E-state index contributed by atoms with van der Waals surface area (Å²) in [6.07, 6.45) is 0.302. The van der Waals surface area contributed by atoms with Crippen molar-refractivity contribution in [1.29, 1.82) is 0 Å². The normalized spacial score (nSPS) is 21.0. The van der Waals surface area contributed by atoms with E-state index in [1.807, 2.05) is 12.1 Å². The molecule has 2 aliphatic heterocycles. The number of carbonyl (C=O) groups is 4. The molecule has 0 aliphatic carbocycles. The molecule has 148 valence electrons. The van der Waals surface area contributed by atoms with Crippen LogP contribution in [0.3, 0.4) is 0 Å². The maximum atomic E-state index is 13.0. The monoisotopic (exact) mass is 455 g/mol. The fourth-order valence-electron chi connectivity index (χ4n) is 3.78. The Balaban J connectivity index is 1.44. The van der Waals surface area contributed by atoms with Crippen molar-refractivity contribution >= 4 is 39.7 Å². The molecule has 2 heterocycles. The Kier molecular flexibility index (Phi) is 4.74. The third-order valence-corrected chi connectivity index (χ3v) is 6.02. The highest BCUT2D eigenvalue weighted by atomic mass is 79.9. The van der Waals surface area contributed by atoms with Crippen LogP contribution in [0.4, 0.5) is 4.79 Å². The maximum Gasteiger partial charge on any atom is 0.325 e. The molecule has 2 aromatic rings. The van der Waals surface area contributed by atoms with E-state index in [9.17, 15) is 19.2 Å². The summed E-state index contributed by atoms with van der Waals surface area (Å²) >= 11 is 3.43. The number of halogens is 1. The second-order valence-electron chi connectivity index (χ2n) is 7.15. The summed E-state index contributed by atoms with van der Waals surface area (Å²) < 4.78 is 0.726. The SMILES string of the molecule is CC1(c2ccccc2Br)NC(=O)N(CCCN2C(=O)c3ccccc3C2=O)C1=O. The highest BCUT2D eigenvalue weighted by Crippen LogP contribution is 2.33. The average molecular weight is 456 g/mol. The molecule has 1 fully saturated rings. The number of urea groups is 1. The maximum absolute atomic E-state index is 13.0. The zero-order chi connectivity index (χ0) is 20.8. The van der Waals surface area contributed by atoms with E-state index in [0.29, 0.717) is 23.1 Å². The Bertz CT molecular complexity index is 1020. The van der Waals surface area contributed by atoms with Crippen LogP contribution in [0.15, 0.2) is 53.0 Å². The lowest BCUT2D eigenvalue weighted by Crippen LogP contribution is -2.41. The van der Waals surface area contributed by atoms with Crippen molar-refractivity contribution < 1.29 is 19.2 Å². The second-order valence-corrected chi connectivity index (χ2v) is 8.01. The molecule has 1 saturated heterocycles. The molecule has 29 heavy (non-hydrogen) atoms. The Morgan fingerprint density at radius 3 is 2.03 bits per heavy atom. The molecule has 7 nitrogen and oxygen atoms in total. The van der Waals surface area contributed by atoms with Crippen LogP contribution >= 0.6 is 15.9 Å². The molecule has 4 rings (SSSR count). The van der Waals surface area contributed by atoms with Gasteiger partial charge in [0.25, 0.3) is 17.7 Å². The second kappa shape index (κ2) is 7.11. The van der Waals surface area contributed by atoms with E-state index in [-0.39, 0.29) is 30.8 Å². The molecule has 2 aliphatic rings. The molecule has 1 N–H and O–H groups in total. The first-order valence-corrected chi connectivity index (χ1v) is 9.98. The zero-order valence-corrected chi connectivity index (χ0v) is 17.2. The summed E-state index contributed by atoms with van der Waals surface area (Å²) in [7, 11) is 0. The molecule has 2 aromatic carbocycles. The lowest BCUT2D eigenvalue weighted by atomic mass is 9.92. The Labute approximate surface area is 175 Å². The molecule has 8 heteroatoms. The van der Waals surface area contributed by atoms with Gasteiger partial charge in [-0.25, -0.2) is 4.79 Å². The quantitative estimate of drug-likeness (QED) is 0.554. The van der Waals surface area contributed by atoms with Crippen molar-refractivity contribution in [2.24, 2.45) is 0 Å². The van der Waals surface area contributed by atoms with Gasteiger partial charge < -0.3 is 5.32 Å². The van der Waals surface area contributed by atoms with Crippen molar-refractivity contribution in [1.82, 2.24) is 15.1 Å². The smallest absolute Gasteiger partial charge is 0.319 e. The van der Waals surface area contributed by atoms with E-state index in [4.69, 9.17) is 0 Å². The van der Waals surface area contributed by atoms with Crippen LogP contribution in [0.1, 0.15) is 39.6 Å². The largest absolute Gasteiger partial charge is 0.325 e. The highest BCUT2D eigenvalue weighted by Gasteiger charge is 2.49. The first-order valence-electron chi connectivity index (χ1n) is 9.19. The van der Waals surface area contributed by atoms with Crippen molar-refractivity contribution in [3.05, 3.63) is 69.7 Å². The van der Waals surface area contributed by atoms with Crippen molar-refractivity contribution in [2.75, 3.05) is 13.1 Å². The number of amides is 5. The fraction of sp³-hybridized carbons (Fsp3) is 0.238. The predicted octanol–water partition coefficient (Wildman–Crippen LogP) is 2.90. The number of nitrogens with zero attached hydrogens (tertiary/aromatic N) is 2. The summed E-state index contributed by atoms with van der Waals surface area (Å²) in [5.74, 6) is -1.06. The van der Waals surface area contributed by atoms with Crippen molar-refractivity contribution in [2.45, 2.75) is 18.9 Å². The Morgan fingerprint density at radius 1 is 0.862 bits per heavy atom. The minimum absolute atomic E-state index is 0.109. The molecule has 0 bridgehead atoms. The number of hydrogen-bond acceptors (Lipinski definition) is 4. The van der Waals surface area contributed by atoms with Crippen LogP contribution in [-0.2, 0) is 10.3 Å². The van der Waals surface area contributed by atoms with E-state index in [1.165, 1.54) is 0 Å². The van der Waals surface area contributed by atoms with Crippen LogP contribution in [0.25, 0.3) is 0 Å². The van der Waals surface area contributed by atoms with Gasteiger partial charge in [0.15, 0.2) is 0 Å². The van der Waals surface area contributed by atoms with E-state index in [1.54, 1.807) is 43.3 Å². The lowest BCUT2D eigenvalue weighted by Gasteiger charge is -2.23. The van der Waals surface area contributed by atoms with E-state index in [0.717, 1.165) is 14.3 Å². The molecular weight excluding hydrogens is 438 g/mol. The molecular formula is C21H18BrN3O4. The van der Waals surface area contributed by atoms with Crippen molar-refractivity contribution in [3.8, 4) is 0 Å². The molecule has 1 unspecified atom stereocenters. The minimum atomic E-state index is -1.17. The number of nitrogens with one attached hydrogen (secondary N) is 1. The zero-order valence-electron chi connectivity index (χ0n) is 15.6. The number of rotatable bonds is 5. The Hall–Kier alpha value is -3.00. The number of benzene rings is 2. The summed E-state index contributed by atoms with van der Waals surface area (Å²) in [5, 5.41) is 2.76. The third kappa shape index (κ3) is 3.04. The Morgan fingerprint density at radius 2 is 1.41 bits per heavy atom.